The fraction of sp³-hybridized carbons (Fsp3) is 0.233. The van der Waals surface area contributed by atoms with E-state index in [1.54, 1.807) is 0 Å². The summed E-state index contributed by atoms with van der Waals surface area (Å²) in [7, 11) is 0. The number of benzene rings is 5. The molecule has 5 aromatic rings. The number of hydrogen-bond donors (Lipinski definition) is 0. The molecule has 2 aliphatic rings. The van der Waals surface area contributed by atoms with Gasteiger partial charge in [0.25, 0.3) is 0 Å². The first-order valence-electron chi connectivity index (χ1n) is 16.3. The molecule has 2 aliphatic carbocycles. The van der Waals surface area contributed by atoms with Crippen LogP contribution >= 0.6 is 11.6 Å². The Labute approximate surface area is 275 Å². The minimum absolute atomic E-state index is 0.0896. The van der Waals surface area contributed by atoms with E-state index < -0.39 is 18.3 Å². The van der Waals surface area contributed by atoms with Crippen LogP contribution in [0.3, 0.4) is 0 Å². The average molecular weight is 686 g/mol. The van der Waals surface area contributed by atoms with Crippen molar-refractivity contribution >= 4 is 36.4 Å². The molecule has 0 radical (unpaired) electrons. The van der Waals surface area contributed by atoms with Gasteiger partial charge in [-0.2, -0.15) is 0 Å². The Hall–Kier alpha value is -3.12. The van der Waals surface area contributed by atoms with Gasteiger partial charge in [-0.25, -0.2) is 0 Å². The van der Waals surface area contributed by atoms with Gasteiger partial charge in [-0.15, -0.1) is 0 Å². The summed E-state index contributed by atoms with van der Waals surface area (Å²) in [5.41, 5.74) is 8.45. The van der Waals surface area contributed by atoms with E-state index in [-0.39, 0.29) is 10.8 Å². The zero-order chi connectivity index (χ0) is 31.8. The average Bonchev–Trinajstić information content (AvgIpc) is 3.68. The van der Waals surface area contributed by atoms with Crippen LogP contribution in [0.1, 0.15) is 70.2 Å². The molecular weight excluding hydrogens is 643 g/mol. The van der Waals surface area contributed by atoms with Crippen LogP contribution in [-0.2, 0) is 35.5 Å². The molecule has 0 aromatic heterocycles. The summed E-state index contributed by atoms with van der Waals surface area (Å²) >= 11 is 1.60. The number of fused-ring (bicyclic) bond motifs is 4. The Morgan fingerprint density at radius 1 is 0.733 bits per heavy atom. The summed E-state index contributed by atoms with van der Waals surface area (Å²) in [4.78, 5) is 0. The molecule has 0 unspecified atom stereocenters. The normalized spacial score (nSPS) is 14.9. The molecule has 7 rings (SSSR count). The van der Waals surface area contributed by atoms with Crippen molar-refractivity contribution in [3.63, 3.8) is 0 Å². The van der Waals surface area contributed by atoms with E-state index in [9.17, 15) is 0 Å². The summed E-state index contributed by atoms with van der Waals surface area (Å²) in [6.45, 7) is 14.1. The van der Waals surface area contributed by atoms with Gasteiger partial charge < -0.3 is 0 Å². The third kappa shape index (κ3) is 4.52. The van der Waals surface area contributed by atoms with Crippen LogP contribution in [0.2, 0.25) is 5.02 Å². The van der Waals surface area contributed by atoms with Crippen LogP contribution in [0.4, 0.5) is 0 Å². The van der Waals surface area contributed by atoms with Crippen molar-refractivity contribution in [3.8, 4) is 11.1 Å². The summed E-state index contributed by atoms with van der Waals surface area (Å²) in [5, 5.41) is 3.34. The van der Waals surface area contributed by atoms with E-state index in [0.29, 0.717) is 0 Å². The van der Waals surface area contributed by atoms with Crippen molar-refractivity contribution in [2.24, 2.45) is 0 Å². The van der Waals surface area contributed by atoms with Crippen LogP contribution in [0, 0.1) is 0 Å². The molecule has 0 N–H and O–H groups in total. The van der Waals surface area contributed by atoms with Gasteiger partial charge in [0, 0.05) is 0 Å². The molecule has 0 heterocycles. The van der Waals surface area contributed by atoms with Crippen molar-refractivity contribution in [1.82, 2.24) is 0 Å². The number of hydrogen-bond acceptors (Lipinski definition) is 0. The predicted molar refractivity (Wildman–Crippen MR) is 195 cm³/mol. The predicted octanol–water partition coefficient (Wildman–Crippen LogP) is 9.90. The van der Waals surface area contributed by atoms with E-state index in [2.05, 4.69) is 157 Å². The summed E-state index contributed by atoms with van der Waals surface area (Å²) in [5.74, 6) is 0. The number of halogens is 1. The second-order valence-electron chi connectivity index (χ2n) is 15.4. The molecular formula is C43H43ClZr. The first-order valence-corrected chi connectivity index (χ1v) is 23.3. The van der Waals surface area contributed by atoms with Gasteiger partial charge in [-0.1, -0.05) is 0 Å². The molecule has 0 fully saturated rings. The number of allylic oxidation sites excluding steroid dienone is 4. The first kappa shape index (κ1) is 30.5. The zero-order valence-corrected chi connectivity index (χ0v) is 30.7. The van der Waals surface area contributed by atoms with Crippen LogP contribution < -0.4 is 9.81 Å². The molecule has 0 bridgehead atoms. The second-order valence-corrected chi connectivity index (χ2v) is 28.5. The molecule has 0 atom stereocenters. The van der Waals surface area contributed by atoms with Crippen LogP contribution in [0.25, 0.3) is 21.9 Å². The van der Waals surface area contributed by atoms with Gasteiger partial charge in [0.15, 0.2) is 0 Å². The monoisotopic (exact) mass is 684 g/mol. The molecule has 226 valence electrons. The van der Waals surface area contributed by atoms with Crippen molar-refractivity contribution in [3.05, 3.63) is 146 Å². The fourth-order valence-corrected chi connectivity index (χ4v) is 25.8. The summed E-state index contributed by atoms with van der Waals surface area (Å²) in [6, 6.07) is 36.7. The van der Waals surface area contributed by atoms with Crippen molar-refractivity contribution in [1.29, 1.82) is 0 Å². The van der Waals surface area contributed by atoms with Gasteiger partial charge >= 0.3 is 277 Å². The molecule has 2 heteroatoms. The summed E-state index contributed by atoms with van der Waals surface area (Å²) < 4.78 is 11.6. The zero-order valence-electron chi connectivity index (χ0n) is 27.5. The Bertz CT molecular complexity index is 2120. The molecule has 0 amide bonds. The van der Waals surface area contributed by atoms with E-state index in [1.807, 2.05) is 0 Å². The topological polar surface area (TPSA) is 0 Å². The van der Waals surface area contributed by atoms with E-state index >= 15 is 0 Å². The third-order valence-corrected chi connectivity index (χ3v) is 27.4. The maximum absolute atomic E-state index is 6.64. The molecule has 45 heavy (non-hydrogen) atoms. The van der Waals surface area contributed by atoms with Gasteiger partial charge in [-0.05, 0) is 0 Å². The van der Waals surface area contributed by atoms with Crippen LogP contribution in [0.5, 0.6) is 0 Å². The van der Waals surface area contributed by atoms with Gasteiger partial charge in [0.05, 0.1) is 0 Å². The minimum atomic E-state index is -5.04. The van der Waals surface area contributed by atoms with Crippen molar-refractivity contribution in [2.45, 2.75) is 65.2 Å². The van der Waals surface area contributed by atoms with E-state index in [1.165, 1.54) is 57.2 Å². The quantitative estimate of drug-likeness (QED) is 0.173. The fourth-order valence-electron chi connectivity index (χ4n) is 8.33. The molecule has 0 spiro atoms. The SMILES string of the molecule is [CH2]=[Zr]([C]1=CC=CC1)([c]1ccc(Cl)cc1)([c]1c(C(C)(C)C)ccc2c1Cc1cc(C(C)(C)C)ccc1-2)[c]1cccc2ccccc12. The summed E-state index contributed by atoms with van der Waals surface area (Å²) in [6.07, 6.45) is 8.85. The molecule has 0 saturated carbocycles. The van der Waals surface area contributed by atoms with Gasteiger partial charge in [-0.3, -0.25) is 0 Å². The van der Waals surface area contributed by atoms with Crippen LogP contribution in [-0.4, -0.2) is 4.21 Å². The Morgan fingerprint density at radius 2 is 1.44 bits per heavy atom. The molecule has 0 saturated heterocycles. The maximum atomic E-state index is 6.64. The Morgan fingerprint density at radius 3 is 2.13 bits per heavy atom. The molecule has 0 aliphatic heterocycles. The van der Waals surface area contributed by atoms with E-state index in [0.717, 1.165) is 17.9 Å². The standard InChI is InChI=1S/C21H25.C10H7.C6H4Cl.C5H5.CH2.Zr/c1-20(2,3)16-7-9-18-14(12-16)11-15-13-17(21(4,5)6)8-10-19(15)18;1-2-6-10-8-4-3-7-9(10)5-1;7-6-4-2-1-3-5-6;1-2-4-5-3-1;;/h7-10,12H,11H2,1-6H3;1-7H;2-5H;1-3H,4H2;1H2;. The second kappa shape index (κ2) is 10.5. The molecule has 0 nitrogen and oxygen atoms in total. The first-order chi connectivity index (χ1) is 21.3. The van der Waals surface area contributed by atoms with Gasteiger partial charge in [0.2, 0.25) is 0 Å². The molecule has 5 aromatic carbocycles. The Kier molecular flexibility index (Phi) is 7.09. The van der Waals surface area contributed by atoms with Crippen molar-refractivity contribution < 1.29 is 18.3 Å². The number of rotatable bonds is 4. The third-order valence-electron chi connectivity index (χ3n) is 10.6. The van der Waals surface area contributed by atoms with E-state index in [4.69, 9.17) is 15.8 Å². The van der Waals surface area contributed by atoms with Crippen molar-refractivity contribution in [2.75, 3.05) is 0 Å². The Balaban J connectivity index is 1.71. The van der Waals surface area contributed by atoms with Gasteiger partial charge in [0.1, 0.15) is 0 Å². The van der Waals surface area contributed by atoms with Crippen LogP contribution in [0.15, 0.2) is 119 Å².